The van der Waals surface area contributed by atoms with Crippen molar-refractivity contribution in [2.24, 2.45) is 11.3 Å². The molecule has 1 aromatic heterocycles. The summed E-state index contributed by atoms with van der Waals surface area (Å²) in [6.07, 6.45) is 6.84. The van der Waals surface area contributed by atoms with Crippen LogP contribution in [0.1, 0.15) is 186 Å². The first-order chi connectivity index (χ1) is 53.0. The molecule has 3 aromatic rings. The number of fused-ring (bicyclic) bond motifs is 6. The van der Waals surface area contributed by atoms with E-state index < -0.39 is 106 Å². The highest BCUT2D eigenvalue weighted by Crippen LogP contribution is 2.67. The predicted molar refractivity (Wildman–Crippen MR) is 407 cm³/mol. The van der Waals surface area contributed by atoms with Crippen LogP contribution in [0.5, 0.6) is 0 Å². The van der Waals surface area contributed by atoms with Gasteiger partial charge < -0.3 is 98.7 Å². The van der Waals surface area contributed by atoms with Crippen LogP contribution < -0.4 is 10.2 Å². The molecule has 10 N–H and O–H groups in total. The number of Topliss-reactive ketones (excluding diaryl/α,β-unsaturated/α-hetero) is 1. The number of methoxy groups -OCH3 is 3. The van der Waals surface area contributed by atoms with Crippen molar-refractivity contribution in [3.63, 3.8) is 0 Å². The minimum absolute atomic E-state index is 0.0183. The summed E-state index contributed by atoms with van der Waals surface area (Å²) in [7, 11) is 6.25. The summed E-state index contributed by atoms with van der Waals surface area (Å²) < 4.78 is 46.6. The van der Waals surface area contributed by atoms with E-state index in [9.17, 15) is 44.4 Å². The molecule has 2 bridgehead atoms. The maximum atomic E-state index is 15.2. The summed E-state index contributed by atoms with van der Waals surface area (Å²) in [5.41, 5.74) is 2.93. The number of carboxylic acids is 1. The fraction of sp³-hybridized carbons (Fsp3) is 0.716. The predicted octanol–water partition coefficient (Wildman–Crippen LogP) is 5.35. The van der Waals surface area contributed by atoms with Crippen LogP contribution in [-0.2, 0) is 98.2 Å². The molecule has 624 valence electrons. The number of carbonyl (C=O) groups excluding carboxylic acids is 7. The molecule has 0 radical (unpaired) electrons. The Hall–Kier alpha value is -6.68. The number of nitrogens with zero attached hydrogens (tertiary/aromatic N) is 3. The Kier molecular flexibility index (Phi) is 36.7. The minimum atomic E-state index is -2.17. The van der Waals surface area contributed by atoms with E-state index in [2.05, 4.69) is 101 Å². The van der Waals surface area contributed by atoms with Gasteiger partial charge in [0.2, 0.25) is 5.91 Å². The van der Waals surface area contributed by atoms with Crippen molar-refractivity contribution in [3.8, 4) is 0 Å². The quantitative estimate of drug-likeness (QED) is 0.0113. The largest absolute Gasteiger partial charge is 0.481 e. The lowest BCUT2D eigenvalue weighted by atomic mass is 9.47. The molecule has 17 atom stereocenters. The summed E-state index contributed by atoms with van der Waals surface area (Å²) in [6, 6.07) is 11.4. The normalized spacial score (nSPS) is 26.7. The second-order valence-corrected chi connectivity index (χ2v) is 30.3. The molecule has 111 heavy (non-hydrogen) atoms. The first kappa shape index (κ1) is 93.2. The van der Waals surface area contributed by atoms with E-state index >= 15 is 4.79 Å². The molecule has 3 fully saturated rings. The Morgan fingerprint density at radius 2 is 1.30 bits per heavy atom. The standard InChI is InChI=1S/C61H87N5O12.C12H22O7.C7H16O4.CO2/c1-9-41(35-67)78-51(75-8)36-77-50(70)22-16-21-49(69)62-39(5)53(71)76-29-15-14-20-48(68)61(74)55-60(25-28-66-26-17-24-59(11-3,54(60)66)56(61)72)45-31-44(38(4)30-47(45)64(55)7)57(6)32-40-33-58(73,10-2)37-65(34-40)27-23-43-42-18-12-13-19-46(42)63-52(43)57;1-3-9(7-13)19-12(17-2)8-18-11(16)6-4-5-10(14)15;1-3-6(4-8)11-7(5-9)10-2;2-1-3/h12-13,17-19,24,30-31,39-41,51,54-56,63,67,72-74H,9-11,14-16,20-23,25-29,32-37H2,1-8H3,(H,62,69);9,12-13H,3-8H2,1-2H3,(H,14,15);6-9H,3-5H2,1-2H3;/t39?,40-,41?,51?,54?,55?,56+,57+,58?,59+,60?,61-;;;/m0.../s1. The molecule has 5 aliphatic heterocycles. The summed E-state index contributed by atoms with van der Waals surface area (Å²) in [4.78, 5) is 102. The molecule has 1 aliphatic carbocycles. The third kappa shape index (κ3) is 22.5. The number of ketones is 1. The molecule has 6 aliphatic rings. The number of nitrogens with one attached hydrogen (secondary N) is 2. The van der Waals surface area contributed by atoms with Gasteiger partial charge in [0.05, 0.1) is 63.0 Å². The van der Waals surface area contributed by atoms with Gasteiger partial charge in [-0.15, -0.1) is 0 Å². The number of aliphatic hydroxyl groups excluding tert-OH is 5. The number of anilines is 1. The molecular weight excluding hydrogens is 1440 g/mol. The van der Waals surface area contributed by atoms with E-state index in [1.807, 2.05) is 27.8 Å². The SMILES string of the molecule is CCC(CO)OC(CO)OC.CCC(CO)OC(COC(=O)CCCC(=O)NC(C)C(=O)OCCCCC(=O)[C@]1(O)C2N(C)c3cc(C)c([C@@]4(C)C[C@@H]5CN(CCc6c4[nH]c4ccccc64)CC(O)(CC)C5)cc3C23CCN2CC=C[C@](CC)(C23)[C@H]1O)OC.CCC(CO)OC(COC(=O)CCCC(=O)O)OC.O=C=O. The monoisotopic (exact) mass is 1570 g/mol. The Morgan fingerprint density at radius 3 is 1.85 bits per heavy atom. The van der Waals surface area contributed by atoms with Gasteiger partial charge in [0.25, 0.3) is 0 Å². The van der Waals surface area contributed by atoms with Gasteiger partial charge in [0.1, 0.15) is 25.4 Å². The molecule has 30 nitrogen and oxygen atoms in total. The maximum Gasteiger partial charge on any atom is 0.373 e. The highest BCUT2D eigenvalue weighted by Gasteiger charge is 2.78. The molecular formula is C81H125N5O25. The van der Waals surface area contributed by atoms with Gasteiger partial charge >= 0.3 is 30.0 Å². The third-order valence-electron chi connectivity index (χ3n) is 23.2. The third-order valence-corrected chi connectivity index (χ3v) is 23.2. The Labute approximate surface area is 652 Å². The number of H-pyrrole nitrogens is 1. The Bertz CT molecular complexity index is 3530. The Morgan fingerprint density at radius 1 is 0.712 bits per heavy atom. The zero-order chi connectivity index (χ0) is 82.0. The zero-order valence-electron chi connectivity index (χ0n) is 67.0. The van der Waals surface area contributed by atoms with Crippen molar-refractivity contribution < 1.29 is 122 Å². The number of rotatable bonds is 39. The smallest absolute Gasteiger partial charge is 0.373 e. The first-order valence-electron chi connectivity index (χ1n) is 39.2. The molecule has 12 unspecified atom stereocenters. The van der Waals surface area contributed by atoms with Crippen molar-refractivity contribution in [1.29, 1.82) is 0 Å². The number of carbonyl (C=O) groups is 6. The summed E-state index contributed by atoms with van der Waals surface area (Å²) in [5, 5.41) is 86.5. The van der Waals surface area contributed by atoms with Gasteiger partial charge in [0.15, 0.2) is 30.3 Å². The number of hydrogen-bond donors (Lipinski definition) is 10. The van der Waals surface area contributed by atoms with E-state index in [0.29, 0.717) is 58.0 Å². The van der Waals surface area contributed by atoms with Crippen molar-refractivity contribution in [2.45, 2.75) is 254 Å². The van der Waals surface area contributed by atoms with E-state index in [4.69, 9.17) is 72.6 Å². The number of piperidine rings is 1. The van der Waals surface area contributed by atoms with E-state index in [1.165, 1.54) is 50.5 Å². The molecule has 6 heterocycles. The first-order valence-corrected chi connectivity index (χ1v) is 39.2. The number of aliphatic hydroxyl groups is 7. The van der Waals surface area contributed by atoms with E-state index in [1.54, 1.807) is 0 Å². The van der Waals surface area contributed by atoms with Crippen LogP contribution in [0.4, 0.5) is 5.69 Å². The minimum Gasteiger partial charge on any atom is -0.481 e. The summed E-state index contributed by atoms with van der Waals surface area (Å²) >= 11 is 0. The number of hydrogen-bond acceptors (Lipinski definition) is 27. The second kappa shape index (κ2) is 43.7. The number of ether oxygens (including phenoxy) is 9. The van der Waals surface area contributed by atoms with Crippen LogP contribution in [0.3, 0.4) is 0 Å². The average Bonchev–Trinajstić information content (AvgIpc) is 1.49. The fourth-order valence-electron chi connectivity index (χ4n) is 17.5. The topological polar surface area (TPSA) is 419 Å². The number of aromatic nitrogens is 1. The number of aliphatic carboxylic acids is 1. The van der Waals surface area contributed by atoms with Crippen molar-refractivity contribution >= 4 is 58.3 Å². The van der Waals surface area contributed by atoms with Gasteiger partial charge in [-0.05, 0) is 151 Å². The fourth-order valence-corrected chi connectivity index (χ4v) is 17.5. The average molecular weight is 1570 g/mol. The highest BCUT2D eigenvalue weighted by molar-refractivity contribution is 5.92. The molecule has 9 rings (SSSR count). The van der Waals surface area contributed by atoms with Crippen LogP contribution >= 0.6 is 0 Å². The van der Waals surface area contributed by atoms with Gasteiger partial charge in [-0.25, -0.2) is 4.79 Å². The van der Waals surface area contributed by atoms with Crippen LogP contribution in [-0.4, -0.2) is 277 Å². The van der Waals surface area contributed by atoms with E-state index in [0.717, 1.165) is 61.2 Å². The molecule has 1 amide bonds. The number of esters is 3. The molecule has 2 aromatic carbocycles. The van der Waals surface area contributed by atoms with E-state index in [-0.39, 0.29) is 128 Å². The van der Waals surface area contributed by atoms with Crippen molar-refractivity contribution in [2.75, 3.05) is 112 Å². The summed E-state index contributed by atoms with van der Waals surface area (Å²) in [6.45, 7) is 18.9. The second-order valence-electron chi connectivity index (χ2n) is 30.3. The van der Waals surface area contributed by atoms with Crippen LogP contribution in [0.15, 0.2) is 48.6 Å². The maximum absolute atomic E-state index is 15.2. The number of aryl methyl sites for hydroxylation is 1. The molecule has 1 spiro atoms. The zero-order valence-corrected chi connectivity index (χ0v) is 67.0. The number of likely N-dealkylation sites (N-methyl/N-ethyl adjacent to an activating group) is 1. The van der Waals surface area contributed by atoms with Gasteiger partial charge in [-0.1, -0.05) is 71.0 Å². The van der Waals surface area contributed by atoms with Crippen molar-refractivity contribution in [1.82, 2.24) is 20.1 Å². The number of aromatic amines is 1. The lowest BCUT2D eigenvalue weighted by Crippen LogP contribution is -2.80. The number of benzene rings is 2. The van der Waals surface area contributed by atoms with Crippen LogP contribution in [0.25, 0.3) is 10.9 Å². The lowest BCUT2D eigenvalue weighted by molar-refractivity contribution is -0.202. The lowest BCUT2D eigenvalue weighted by Gasteiger charge is -2.63. The highest BCUT2D eigenvalue weighted by atomic mass is 16.7. The Balaban J connectivity index is 0.000000484. The van der Waals surface area contributed by atoms with Crippen molar-refractivity contribution in [3.05, 3.63) is 76.5 Å². The molecule has 30 heteroatoms. The number of para-hydroxylation sites is 1. The number of unbranched alkanes of at least 4 members (excludes halogenated alkanes) is 1. The van der Waals surface area contributed by atoms with Gasteiger partial charge in [-0.3, -0.25) is 33.8 Å². The number of carboxylic acid groups (broad SMARTS) is 1. The van der Waals surface area contributed by atoms with Gasteiger partial charge in [0, 0.05) is 131 Å². The van der Waals surface area contributed by atoms with Gasteiger partial charge in [-0.2, -0.15) is 9.59 Å². The van der Waals surface area contributed by atoms with Crippen LogP contribution in [0, 0.1) is 18.3 Å². The number of amides is 1. The molecule has 2 saturated heterocycles. The van der Waals surface area contributed by atoms with Crippen LogP contribution in [0.2, 0.25) is 0 Å². The molecule has 1 saturated carbocycles. The summed E-state index contributed by atoms with van der Waals surface area (Å²) in [5.74, 6) is -3.28.